The molecule has 1 fully saturated rings. The molecule has 0 unspecified atom stereocenters. The number of carbonyl (C=O) groups excluding carboxylic acids is 1. The van der Waals surface area contributed by atoms with Crippen molar-refractivity contribution in [2.75, 3.05) is 0 Å². The van der Waals surface area contributed by atoms with Crippen molar-refractivity contribution in [1.29, 1.82) is 0 Å². The summed E-state index contributed by atoms with van der Waals surface area (Å²) in [6.45, 7) is 0. The Morgan fingerprint density at radius 1 is 1.33 bits per heavy atom. The van der Waals surface area contributed by atoms with Crippen LogP contribution >= 0.6 is 0 Å². The van der Waals surface area contributed by atoms with Crippen LogP contribution in [0, 0.1) is 0 Å². The third kappa shape index (κ3) is 2.23. The number of hydrogen-bond acceptors (Lipinski definition) is 2. The van der Waals surface area contributed by atoms with Gasteiger partial charge in [0.25, 0.3) is 5.91 Å². The fraction of sp³-hybridized carbons (Fsp3) is 0.429. The number of nitrogens with one attached hydrogen (secondary N) is 2. The van der Waals surface area contributed by atoms with Gasteiger partial charge in [-0.15, -0.1) is 0 Å². The lowest BCUT2D eigenvalue weighted by atomic mass is 9.95. The first-order valence-corrected chi connectivity index (χ1v) is 6.57. The SMILES string of the molecule is O=C(NC1CCCCC1)c1cc2ncccc2[nH]1. The third-order valence-corrected chi connectivity index (χ3v) is 3.57. The summed E-state index contributed by atoms with van der Waals surface area (Å²) in [6.07, 6.45) is 7.68. The third-order valence-electron chi connectivity index (χ3n) is 3.57. The number of hydrogen-bond donors (Lipinski definition) is 2. The van der Waals surface area contributed by atoms with Gasteiger partial charge < -0.3 is 10.3 Å². The van der Waals surface area contributed by atoms with Crippen LogP contribution in [0.15, 0.2) is 24.4 Å². The lowest BCUT2D eigenvalue weighted by Gasteiger charge is -2.22. The topological polar surface area (TPSA) is 57.8 Å². The fourth-order valence-corrected chi connectivity index (χ4v) is 2.59. The molecule has 2 heterocycles. The van der Waals surface area contributed by atoms with Gasteiger partial charge in [0, 0.05) is 12.2 Å². The highest BCUT2D eigenvalue weighted by Gasteiger charge is 2.17. The van der Waals surface area contributed by atoms with Gasteiger partial charge in [-0.3, -0.25) is 9.78 Å². The summed E-state index contributed by atoms with van der Waals surface area (Å²) in [6, 6.07) is 5.94. The molecule has 0 spiro atoms. The highest BCUT2D eigenvalue weighted by Crippen LogP contribution is 2.18. The Balaban J connectivity index is 1.74. The number of pyridine rings is 1. The van der Waals surface area contributed by atoms with Gasteiger partial charge >= 0.3 is 0 Å². The zero-order valence-corrected chi connectivity index (χ0v) is 10.3. The molecule has 0 bridgehead atoms. The van der Waals surface area contributed by atoms with Crippen molar-refractivity contribution in [2.45, 2.75) is 38.1 Å². The van der Waals surface area contributed by atoms with Gasteiger partial charge in [-0.2, -0.15) is 0 Å². The lowest BCUT2D eigenvalue weighted by molar-refractivity contribution is 0.0923. The molecule has 0 radical (unpaired) electrons. The van der Waals surface area contributed by atoms with Gasteiger partial charge in [0.15, 0.2) is 0 Å². The van der Waals surface area contributed by atoms with E-state index < -0.39 is 0 Å². The number of H-pyrrole nitrogens is 1. The van der Waals surface area contributed by atoms with E-state index in [-0.39, 0.29) is 5.91 Å². The number of aromatic amines is 1. The minimum absolute atomic E-state index is 0.0140. The number of rotatable bonds is 2. The minimum Gasteiger partial charge on any atom is -0.349 e. The van der Waals surface area contributed by atoms with Crippen LogP contribution < -0.4 is 5.32 Å². The van der Waals surface area contributed by atoms with E-state index in [1.807, 2.05) is 18.2 Å². The second-order valence-electron chi connectivity index (χ2n) is 4.93. The maximum atomic E-state index is 12.1. The van der Waals surface area contributed by atoms with Crippen LogP contribution in [-0.4, -0.2) is 21.9 Å². The number of fused-ring (bicyclic) bond motifs is 1. The van der Waals surface area contributed by atoms with Crippen LogP contribution in [-0.2, 0) is 0 Å². The van der Waals surface area contributed by atoms with Crippen LogP contribution in [0.5, 0.6) is 0 Å². The van der Waals surface area contributed by atoms with Gasteiger partial charge in [-0.05, 0) is 31.0 Å². The molecule has 1 amide bonds. The van der Waals surface area contributed by atoms with Crippen molar-refractivity contribution in [1.82, 2.24) is 15.3 Å². The first kappa shape index (κ1) is 11.3. The largest absolute Gasteiger partial charge is 0.349 e. The minimum atomic E-state index is -0.0140. The average Bonchev–Trinajstić information content (AvgIpc) is 2.84. The summed E-state index contributed by atoms with van der Waals surface area (Å²) >= 11 is 0. The molecular formula is C14H17N3O. The Morgan fingerprint density at radius 2 is 2.17 bits per heavy atom. The van der Waals surface area contributed by atoms with Crippen LogP contribution in [0.1, 0.15) is 42.6 Å². The highest BCUT2D eigenvalue weighted by molar-refractivity contribution is 5.97. The van der Waals surface area contributed by atoms with E-state index >= 15 is 0 Å². The number of amides is 1. The normalized spacial score (nSPS) is 16.9. The Morgan fingerprint density at radius 3 is 2.94 bits per heavy atom. The van der Waals surface area contributed by atoms with E-state index in [4.69, 9.17) is 0 Å². The van der Waals surface area contributed by atoms with E-state index in [2.05, 4.69) is 15.3 Å². The maximum Gasteiger partial charge on any atom is 0.268 e. The molecule has 4 heteroatoms. The summed E-state index contributed by atoms with van der Waals surface area (Å²) in [5.41, 5.74) is 2.35. The van der Waals surface area contributed by atoms with Crippen molar-refractivity contribution in [2.24, 2.45) is 0 Å². The van der Waals surface area contributed by atoms with Gasteiger partial charge in [0.05, 0.1) is 11.0 Å². The van der Waals surface area contributed by atoms with Crippen LogP contribution in [0.4, 0.5) is 0 Å². The highest BCUT2D eigenvalue weighted by atomic mass is 16.1. The van der Waals surface area contributed by atoms with Crippen molar-refractivity contribution in [3.8, 4) is 0 Å². The molecule has 94 valence electrons. The van der Waals surface area contributed by atoms with E-state index in [0.717, 1.165) is 23.9 Å². The second-order valence-corrected chi connectivity index (χ2v) is 4.93. The van der Waals surface area contributed by atoms with E-state index in [9.17, 15) is 4.79 Å². The van der Waals surface area contributed by atoms with E-state index in [1.54, 1.807) is 6.20 Å². The molecule has 0 aromatic carbocycles. The standard InChI is InChI=1S/C14H17N3O/c18-14(16-10-5-2-1-3-6-10)13-9-12-11(17-13)7-4-8-15-12/h4,7-10,17H,1-3,5-6H2,(H,16,18). The lowest BCUT2D eigenvalue weighted by Crippen LogP contribution is -2.36. The molecule has 1 saturated carbocycles. The van der Waals surface area contributed by atoms with Gasteiger partial charge in [-0.25, -0.2) is 0 Å². The fourth-order valence-electron chi connectivity index (χ4n) is 2.59. The number of carbonyl (C=O) groups is 1. The van der Waals surface area contributed by atoms with Crippen molar-refractivity contribution in [3.05, 3.63) is 30.1 Å². The summed E-state index contributed by atoms with van der Waals surface area (Å²) in [4.78, 5) is 19.4. The number of nitrogens with zero attached hydrogens (tertiary/aromatic N) is 1. The molecule has 2 aromatic rings. The van der Waals surface area contributed by atoms with Crippen molar-refractivity contribution >= 4 is 16.9 Å². The Labute approximate surface area is 106 Å². The molecule has 1 aliphatic carbocycles. The summed E-state index contributed by atoms with van der Waals surface area (Å²) in [5.74, 6) is -0.0140. The first-order chi connectivity index (χ1) is 8.83. The smallest absolute Gasteiger partial charge is 0.268 e. The second kappa shape index (κ2) is 4.80. The van der Waals surface area contributed by atoms with Crippen LogP contribution in [0.2, 0.25) is 0 Å². The maximum absolute atomic E-state index is 12.1. The van der Waals surface area contributed by atoms with Crippen molar-refractivity contribution in [3.63, 3.8) is 0 Å². The first-order valence-electron chi connectivity index (χ1n) is 6.57. The molecular weight excluding hydrogens is 226 g/mol. The zero-order chi connectivity index (χ0) is 12.4. The Kier molecular flexibility index (Phi) is 3.00. The Bertz CT molecular complexity index is 522. The zero-order valence-electron chi connectivity index (χ0n) is 10.3. The predicted molar refractivity (Wildman–Crippen MR) is 70.4 cm³/mol. The average molecular weight is 243 g/mol. The Hall–Kier alpha value is -1.84. The summed E-state index contributed by atoms with van der Waals surface area (Å²) in [5, 5.41) is 3.10. The molecule has 0 saturated heterocycles. The molecule has 0 aliphatic heterocycles. The molecule has 18 heavy (non-hydrogen) atoms. The quantitative estimate of drug-likeness (QED) is 0.851. The van der Waals surface area contributed by atoms with Gasteiger partial charge in [0.2, 0.25) is 0 Å². The predicted octanol–water partition coefficient (Wildman–Crippen LogP) is 2.63. The molecule has 1 aliphatic rings. The molecule has 0 atom stereocenters. The van der Waals surface area contributed by atoms with Gasteiger partial charge in [0.1, 0.15) is 5.69 Å². The summed E-state index contributed by atoms with van der Waals surface area (Å²) in [7, 11) is 0. The summed E-state index contributed by atoms with van der Waals surface area (Å²) < 4.78 is 0. The van der Waals surface area contributed by atoms with Crippen LogP contribution in [0.3, 0.4) is 0 Å². The molecule has 2 aromatic heterocycles. The monoisotopic (exact) mass is 243 g/mol. The van der Waals surface area contributed by atoms with Crippen molar-refractivity contribution < 1.29 is 4.79 Å². The van der Waals surface area contributed by atoms with Crippen LogP contribution in [0.25, 0.3) is 11.0 Å². The van der Waals surface area contributed by atoms with Gasteiger partial charge in [-0.1, -0.05) is 19.3 Å². The molecule has 2 N–H and O–H groups in total. The van der Waals surface area contributed by atoms with E-state index in [1.165, 1.54) is 19.3 Å². The molecule has 3 rings (SSSR count). The van der Waals surface area contributed by atoms with E-state index in [0.29, 0.717) is 11.7 Å². The number of aromatic nitrogens is 2. The molecule has 4 nitrogen and oxygen atoms in total.